The zero-order chi connectivity index (χ0) is 11.7. The lowest BCUT2D eigenvalue weighted by Crippen LogP contribution is -2.16. The fourth-order valence-electron chi connectivity index (χ4n) is 2.42. The number of rotatable bonds is 2. The lowest BCUT2D eigenvalue weighted by Gasteiger charge is -2.26. The molecule has 0 spiro atoms. The maximum Gasteiger partial charge on any atom is 0.150 e. The molecule has 1 aromatic rings. The van der Waals surface area contributed by atoms with E-state index in [0.29, 0.717) is 11.5 Å². The van der Waals surface area contributed by atoms with Crippen molar-refractivity contribution in [3.05, 3.63) is 41.0 Å². The molecule has 0 fully saturated rings. The summed E-state index contributed by atoms with van der Waals surface area (Å²) >= 11 is 0. The van der Waals surface area contributed by atoms with Crippen molar-refractivity contribution in [3.63, 3.8) is 0 Å². The molecule has 0 radical (unpaired) electrons. The van der Waals surface area contributed by atoms with Crippen molar-refractivity contribution < 1.29 is 9.90 Å². The number of hydrogen-bond acceptors (Lipinski definition) is 2. The molecule has 16 heavy (non-hydrogen) atoms. The van der Waals surface area contributed by atoms with Crippen LogP contribution < -0.4 is 0 Å². The van der Waals surface area contributed by atoms with E-state index in [0.717, 1.165) is 36.7 Å². The van der Waals surface area contributed by atoms with E-state index in [2.05, 4.69) is 6.58 Å². The maximum absolute atomic E-state index is 11.0. The van der Waals surface area contributed by atoms with Crippen LogP contribution in [-0.2, 0) is 12.8 Å². The first-order valence-corrected chi connectivity index (χ1v) is 5.57. The monoisotopic (exact) mass is 216 g/mol. The fraction of sp³-hybridized carbons (Fsp3) is 0.357. The number of aryl methyl sites for hydroxylation is 1. The van der Waals surface area contributed by atoms with Gasteiger partial charge >= 0.3 is 0 Å². The first-order valence-electron chi connectivity index (χ1n) is 5.57. The van der Waals surface area contributed by atoms with E-state index in [4.69, 9.17) is 0 Å². The van der Waals surface area contributed by atoms with Crippen LogP contribution in [0.15, 0.2) is 24.3 Å². The van der Waals surface area contributed by atoms with E-state index in [1.165, 1.54) is 5.57 Å². The number of hydrogen-bond donors (Lipinski definition) is 1. The molecule has 1 atom stereocenters. The number of aromatic hydroxyl groups is 1. The third kappa shape index (κ3) is 1.87. The van der Waals surface area contributed by atoms with E-state index in [1.807, 2.05) is 6.92 Å². The van der Waals surface area contributed by atoms with Crippen LogP contribution in [0.2, 0.25) is 0 Å². The van der Waals surface area contributed by atoms with Crippen molar-refractivity contribution in [2.75, 3.05) is 0 Å². The average molecular weight is 216 g/mol. The summed E-state index contributed by atoms with van der Waals surface area (Å²) in [6, 6.07) is 3.32. The summed E-state index contributed by atoms with van der Waals surface area (Å²) in [5.74, 6) is 0.658. The second-order valence-corrected chi connectivity index (χ2v) is 4.58. The largest absolute Gasteiger partial charge is 0.508 e. The van der Waals surface area contributed by atoms with Crippen LogP contribution in [0.1, 0.15) is 34.8 Å². The van der Waals surface area contributed by atoms with Gasteiger partial charge in [0, 0.05) is 5.56 Å². The van der Waals surface area contributed by atoms with E-state index in [-0.39, 0.29) is 5.75 Å². The van der Waals surface area contributed by atoms with E-state index in [1.54, 1.807) is 12.1 Å². The molecule has 2 heteroatoms. The molecule has 2 rings (SSSR count). The van der Waals surface area contributed by atoms with Crippen LogP contribution in [0, 0.1) is 5.92 Å². The maximum atomic E-state index is 11.0. The Morgan fingerprint density at radius 1 is 1.56 bits per heavy atom. The van der Waals surface area contributed by atoms with Gasteiger partial charge in [-0.05, 0) is 55.4 Å². The Kier molecular flexibility index (Phi) is 2.82. The predicted octanol–water partition coefficient (Wildman–Crippen LogP) is 2.89. The van der Waals surface area contributed by atoms with Gasteiger partial charge in [0.15, 0.2) is 0 Å². The topological polar surface area (TPSA) is 37.3 Å². The van der Waals surface area contributed by atoms with Crippen LogP contribution in [0.25, 0.3) is 0 Å². The standard InChI is InChI=1S/C14H16O2/c1-9(2)10-3-4-11-5-13(16)6-12(8-15)14(11)7-10/h5-6,8,10,16H,1,3-4,7H2,2H3/t10-/m0/s1. The van der Waals surface area contributed by atoms with Crippen molar-refractivity contribution >= 4 is 6.29 Å². The number of benzene rings is 1. The third-order valence-corrected chi connectivity index (χ3v) is 3.40. The average Bonchev–Trinajstić information content (AvgIpc) is 2.27. The van der Waals surface area contributed by atoms with Crippen LogP contribution in [0.5, 0.6) is 5.75 Å². The van der Waals surface area contributed by atoms with Gasteiger partial charge in [0.2, 0.25) is 0 Å². The SMILES string of the molecule is C=C(C)[C@H]1CCc2cc(O)cc(C=O)c2C1. The quantitative estimate of drug-likeness (QED) is 0.609. The van der Waals surface area contributed by atoms with Crippen molar-refractivity contribution in [1.82, 2.24) is 0 Å². The molecule has 0 saturated heterocycles. The highest BCUT2D eigenvalue weighted by atomic mass is 16.3. The van der Waals surface area contributed by atoms with Gasteiger partial charge in [0.05, 0.1) is 0 Å². The molecule has 84 valence electrons. The van der Waals surface area contributed by atoms with Crippen LogP contribution in [0.4, 0.5) is 0 Å². The van der Waals surface area contributed by atoms with Gasteiger partial charge in [-0.25, -0.2) is 0 Å². The van der Waals surface area contributed by atoms with Gasteiger partial charge in [-0.1, -0.05) is 12.2 Å². The normalized spacial score (nSPS) is 18.9. The minimum Gasteiger partial charge on any atom is -0.508 e. The lowest BCUT2D eigenvalue weighted by molar-refractivity contribution is 0.112. The Labute approximate surface area is 95.6 Å². The molecule has 1 N–H and O–H groups in total. The van der Waals surface area contributed by atoms with Gasteiger partial charge < -0.3 is 5.11 Å². The van der Waals surface area contributed by atoms with Crippen LogP contribution in [-0.4, -0.2) is 11.4 Å². The highest BCUT2D eigenvalue weighted by Crippen LogP contribution is 2.33. The molecule has 0 amide bonds. The predicted molar refractivity (Wildman–Crippen MR) is 63.8 cm³/mol. The highest BCUT2D eigenvalue weighted by Gasteiger charge is 2.22. The van der Waals surface area contributed by atoms with Crippen LogP contribution in [0.3, 0.4) is 0 Å². The minimum absolute atomic E-state index is 0.189. The van der Waals surface area contributed by atoms with Gasteiger partial charge in [-0.15, -0.1) is 0 Å². The number of phenolic OH excluding ortho intramolecular Hbond substituents is 1. The molecule has 0 unspecified atom stereocenters. The highest BCUT2D eigenvalue weighted by molar-refractivity contribution is 5.79. The molecule has 1 aromatic carbocycles. The smallest absolute Gasteiger partial charge is 0.150 e. The summed E-state index contributed by atoms with van der Waals surface area (Å²) in [7, 11) is 0. The summed E-state index contributed by atoms with van der Waals surface area (Å²) in [4.78, 5) is 11.0. The lowest BCUT2D eigenvalue weighted by atomic mass is 9.79. The molecule has 0 aliphatic heterocycles. The minimum atomic E-state index is 0.189. The first-order chi connectivity index (χ1) is 7.61. The summed E-state index contributed by atoms with van der Waals surface area (Å²) in [6.07, 6.45) is 3.69. The van der Waals surface area contributed by atoms with Gasteiger partial charge in [-0.2, -0.15) is 0 Å². The zero-order valence-corrected chi connectivity index (χ0v) is 9.49. The van der Waals surface area contributed by atoms with E-state index < -0.39 is 0 Å². The molecule has 0 aromatic heterocycles. The zero-order valence-electron chi connectivity index (χ0n) is 9.49. The van der Waals surface area contributed by atoms with Crippen molar-refractivity contribution in [2.45, 2.75) is 26.2 Å². The van der Waals surface area contributed by atoms with Crippen molar-refractivity contribution in [3.8, 4) is 5.75 Å². The molecule has 0 heterocycles. The summed E-state index contributed by atoms with van der Waals surface area (Å²) in [5, 5.41) is 9.50. The fourth-order valence-corrected chi connectivity index (χ4v) is 2.42. The number of phenols is 1. The number of carbonyl (C=O) groups excluding carboxylic acids is 1. The van der Waals surface area contributed by atoms with E-state index >= 15 is 0 Å². The Hall–Kier alpha value is -1.57. The Morgan fingerprint density at radius 2 is 2.31 bits per heavy atom. The summed E-state index contributed by atoms with van der Waals surface area (Å²) in [6.45, 7) is 6.03. The molecule has 0 bridgehead atoms. The Morgan fingerprint density at radius 3 is 2.94 bits per heavy atom. The van der Waals surface area contributed by atoms with Crippen molar-refractivity contribution in [2.24, 2.45) is 5.92 Å². The molecule has 1 aliphatic rings. The number of carbonyl (C=O) groups is 1. The van der Waals surface area contributed by atoms with E-state index in [9.17, 15) is 9.90 Å². The Bertz CT molecular complexity index is 446. The molecule has 1 aliphatic carbocycles. The van der Waals surface area contributed by atoms with Gasteiger partial charge in [0.25, 0.3) is 0 Å². The number of allylic oxidation sites excluding steroid dienone is 1. The molecular weight excluding hydrogens is 200 g/mol. The van der Waals surface area contributed by atoms with Gasteiger partial charge in [-0.3, -0.25) is 4.79 Å². The first kappa shape index (κ1) is 10.9. The third-order valence-electron chi connectivity index (χ3n) is 3.40. The van der Waals surface area contributed by atoms with Gasteiger partial charge in [0.1, 0.15) is 12.0 Å². The number of fused-ring (bicyclic) bond motifs is 1. The molecular formula is C14H16O2. The number of aldehydes is 1. The molecule has 0 saturated carbocycles. The second-order valence-electron chi connectivity index (χ2n) is 4.58. The molecule has 2 nitrogen and oxygen atoms in total. The second kappa shape index (κ2) is 4.12. The van der Waals surface area contributed by atoms with Crippen LogP contribution >= 0.6 is 0 Å². The van der Waals surface area contributed by atoms with Crippen molar-refractivity contribution in [1.29, 1.82) is 0 Å². The Balaban J connectivity index is 2.43. The summed E-state index contributed by atoms with van der Waals surface area (Å²) in [5.41, 5.74) is 4.00. The summed E-state index contributed by atoms with van der Waals surface area (Å²) < 4.78 is 0.